The van der Waals surface area contributed by atoms with Crippen LogP contribution in [0.1, 0.15) is 19.4 Å². The molecule has 0 bridgehead atoms. The number of ketones is 2. The summed E-state index contributed by atoms with van der Waals surface area (Å²) in [7, 11) is 0. The van der Waals surface area contributed by atoms with Gasteiger partial charge in [-0.1, -0.05) is 15.9 Å². The van der Waals surface area contributed by atoms with Crippen LogP contribution < -0.4 is 11.2 Å². The Balaban J connectivity index is 2.92. The van der Waals surface area contributed by atoms with Crippen LogP contribution in [0.2, 0.25) is 0 Å². The summed E-state index contributed by atoms with van der Waals surface area (Å²) in [6.45, 7) is 2.91. The van der Waals surface area contributed by atoms with E-state index in [9.17, 15) is 29.4 Å². The maximum atomic E-state index is 12.5. The number of aromatic amines is 1. The second-order valence-corrected chi connectivity index (χ2v) is 6.94. The standard InChI is InChI=1S/C14H17BrN2O7/c1-6-4-17(12(23)16-11(6)22)14(8(3)20)13(15,7(2)19)10(21)9(5-18)24-14/h4,9-10,18,21H,5H2,1-3H3,(H,16,22,23)/t9-,10-,13?,14-/m1/s1. The van der Waals surface area contributed by atoms with E-state index < -0.39 is 51.7 Å². The fourth-order valence-electron chi connectivity index (χ4n) is 2.95. The summed E-state index contributed by atoms with van der Waals surface area (Å²) in [5, 5.41) is 19.9. The minimum absolute atomic E-state index is 0.0964. The molecule has 24 heavy (non-hydrogen) atoms. The van der Waals surface area contributed by atoms with Crippen molar-refractivity contribution in [1.82, 2.24) is 9.55 Å². The molecular weight excluding hydrogens is 388 g/mol. The fourth-order valence-corrected chi connectivity index (χ4v) is 3.81. The van der Waals surface area contributed by atoms with Gasteiger partial charge in [0.05, 0.1) is 6.61 Å². The molecule has 0 saturated carbocycles. The number of carbonyl (C=O) groups is 2. The summed E-state index contributed by atoms with van der Waals surface area (Å²) >= 11 is 3.09. The average molecular weight is 405 g/mol. The van der Waals surface area contributed by atoms with Gasteiger partial charge >= 0.3 is 5.69 Å². The molecule has 2 rings (SSSR count). The van der Waals surface area contributed by atoms with Crippen molar-refractivity contribution in [2.75, 3.05) is 6.61 Å². The van der Waals surface area contributed by atoms with Gasteiger partial charge in [0.1, 0.15) is 12.2 Å². The molecule has 2 heterocycles. The van der Waals surface area contributed by atoms with Crippen molar-refractivity contribution >= 4 is 27.5 Å². The van der Waals surface area contributed by atoms with Crippen LogP contribution in [0, 0.1) is 6.92 Å². The van der Waals surface area contributed by atoms with Gasteiger partial charge in [0, 0.05) is 11.8 Å². The number of rotatable bonds is 4. The van der Waals surface area contributed by atoms with E-state index in [4.69, 9.17) is 4.74 Å². The van der Waals surface area contributed by atoms with Gasteiger partial charge in [-0.15, -0.1) is 0 Å². The number of aromatic nitrogens is 2. The first-order chi connectivity index (χ1) is 11.0. The number of hydrogen-bond acceptors (Lipinski definition) is 7. The number of halogens is 1. The van der Waals surface area contributed by atoms with Crippen molar-refractivity contribution in [3.8, 4) is 0 Å². The number of ether oxygens (including phenoxy) is 1. The normalized spacial score (nSPS) is 32.8. The van der Waals surface area contributed by atoms with Crippen LogP contribution in [0.5, 0.6) is 0 Å². The number of aryl methyl sites for hydroxylation is 1. The van der Waals surface area contributed by atoms with Crippen molar-refractivity contribution < 1.29 is 24.5 Å². The van der Waals surface area contributed by atoms with Crippen LogP contribution in [0.4, 0.5) is 0 Å². The quantitative estimate of drug-likeness (QED) is 0.522. The number of aliphatic hydroxyl groups is 2. The maximum absolute atomic E-state index is 12.5. The highest BCUT2D eigenvalue weighted by Gasteiger charge is 2.71. The third-order valence-corrected chi connectivity index (χ3v) is 5.77. The molecule has 3 N–H and O–H groups in total. The monoisotopic (exact) mass is 404 g/mol. The molecule has 1 unspecified atom stereocenters. The van der Waals surface area contributed by atoms with E-state index in [-0.39, 0.29) is 5.56 Å². The molecule has 132 valence electrons. The molecule has 10 heteroatoms. The molecule has 1 saturated heterocycles. The summed E-state index contributed by atoms with van der Waals surface area (Å²) in [4.78, 5) is 50.7. The van der Waals surface area contributed by atoms with E-state index in [2.05, 4.69) is 15.9 Å². The highest BCUT2D eigenvalue weighted by molar-refractivity contribution is 9.10. The number of carbonyl (C=O) groups excluding carboxylic acids is 2. The van der Waals surface area contributed by atoms with Crippen molar-refractivity contribution in [1.29, 1.82) is 0 Å². The Bertz CT molecular complexity index is 816. The number of nitrogens with one attached hydrogen (secondary N) is 1. The molecule has 0 amide bonds. The summed E-state index contributed by atoms with van der Waals surface area (Å²) in [6, 6.07) is 0. The Morgan fingerprint density at radius 3 is 2.42 bits per heavy atom. The molecule has 1 aromatic rings. The van der Waals surface area contributed by atoms with Gasteiger partial charge in [-0.2, -0.15) is 0 Å². The predicted molar refractivity (Wildman–Crippen MR) is 85.0 cm³/mol. The molecule has 4 atom stereocenters. The van der Waals surface area contributed by atoms with E-state index in [1.165, 1.54) is 6.92 Å². The van der Waals surface area contributed by atoms with Crippen molar-refractivity contribution in [2.24, 2.45) is 0 Å². The van der Waals surface area contributed by atoms with Gasteiger partial charge in [0.2, 0.25) is 5.72 Å². The lowest BCUT2D eigenvalue weighted by molar-refractivity contribution is -0.165. The smallest absolute Gasteiger partial charge is 0.331 e. The Kier molecular flexibility index (Phi) is 4.70. The van der Waals surface area contributed by atoms with Gasteiger partial charge in [-0.05, 0) is 20.8 Å². The first kappa shape index (κ1) is 18.7. The second kappa shape index (κ2) is 6.03. The molecule has 1 aromatic heterocycles. The number of alkyl halides is 1. The van der Waals surface area contributed by atoms with Gasteiger partial charge in [-0.3, -0.25) is 23.9 Å². The third kappa shape index (κ3) is 2.25. The van der Waals surface area contributed by atoms with Crippen LogP contribution in [0.25, 0.3) is 0 Å². The number of Topliss-reactive ketones (excluding diaryl/α,β-unsaturated/α-hetero) is 2. The van der Waals surface area contributed by atoms with Crippen LogP contribution in [0.15, 0.2) is 15.8 Å². The largest absolute Gasteiger partial charge is 0.394 e. The molecule has 1 fully saturated rings. The summed E-state index contributed by atoms with van der Waals surface area (Å²) in [5.74, 6) is -1.45. The minimum Gasteiger partial charge on any atom is -0.394 e. The Labute approximate surface area is 144 Å². The zero-order valence-electron chi connectivity index (χ0n) is 13.2. The Hall–Kier alpha value is -1.62. The second-order valence-electron chi connectivity index (χ2n) is 5.69. The third-order valence-electron chi connectivity index (χ3n) is 4.20. The van der Waals surface area contributed by atoms with E-state index in [1.807, 2.05) is 4.98 Å². The van der Waals surface area contributed by atoms with Gasteiger partial charge in [-0.25, -0.2) is 4.79 Å². The number of aliphatic hydroxyl groups excluding tert-OH is 2. The first-order valence-corrected chi connectivity index (χ1v) is 7.84. The van der Waals surface area contributed by atoms with E-state index >= 15 is 0 Å². The number of H-pyrrole nitrogens is 1. The average Bonchev–Trinajstić information content (AvgIpc) is 2.74. The minimum atomic E-state index is -2.27. The Morgan fingerprint density at radius 2 is 1.96 bits per heavy atom. The van der Waals surface area contributed by atoms with Crippen molar-refractivity contribution in [3.05, 3.63) is 32.6 Å². The van der Waals surface area contributed by atoms with Crippen LogP contribution in [-0.4, -0.2) is 54.5 Å². The molecule has 0 aliphatic carbocycles. The Morgan fingerprint density at radius 1 is 1.38 bits per heavy atom. The van der Waals surface area contributed by atoms with Gasteiger partial charge in [0.15, 0.2) is 15.9 Å². The molecule has 1 aliphatic rings. The molecule has 0 spiro atoms. The lowest BCUT2D eigenvalue weighted by Crippen LogP contribution is -2.64. The molecule has 1 aliphatic heterocycles. The molecule has 0 radical (unpaired) electrons. The van der Waals surface area contributed by atoms with Crippen LogP contribution in [-0.2, 0) is 20.1 Å². The van der Waals surface area contributed by atoms with Gasteiger partial charge < -0.3 is 14.9 Å². The van der Waals surface area contributed by atoms with Crippen molar-refractivity contribution in [2.45, 2.75) is 43.0 Å². The maximum Gasteiger partial charge on any atom is 0.331 e. The summed E-state index contributed by atoms with van der Waals surface area (Å²) in [6.07, 6.45) is -1.83. The SMILES string of the molecule is CC(=O)C1(Br)[C@H](O)[C@@H](CO)O[C@@]1(C(C)=O)n1cc(C)c(=O)[nH]c1=O. The lowest BCUT2D eigenvalue weighted by atomic mass is 9.85. The first-order valence-electron chi connectivity index (χ1n) is 7.04. The van der Waals surface area contributed by atoms with Crippen LogP contribution >= 0.6 is 15.9 Å². The fraction of sp³-hybridized carbons (Fsp3) is 0.571. The lowest BCUT2D eigenvalue weighted by Gasteiger charge is -2.38. The van der Waals surface area contributed by atoms with Crippen molar-refractivity contribution in [3.63, 3.8) is 0 Å². The number of nitrogens with zero attached hydrogens (tertiary/aromatic N) is 1. The van der Waals surface area contributed by atoms with E-state index in [0.29, 0.717) is 0 Å². The highest BCUT2D eigenvalue weighted by Crippen LogP contribution is 2.50. The molecule has 9 nitrogen and oxygen atoms in total. The van der Waals surface area contributed by atoms with E-state index in [0.717, 1.165) is 24.6 Å². The zero-order chi connectivity index (χ0) is 18.4. The highest BCUT2D eigenvalue weighted by atomic mass is 79.9. The predicted octanol–water partition coefficient (Wildman–Crippen LogP) is -1.44. The number of hydrogen-bond donors (Lipinski definition) is 3. The summed E-state index contributed by atoms with van der Waals surface area (Å²) in [5.41, 5.74) is -3.82. The van der Waals surface area contributed by atoms with Gasteiger partial charge in [0.25, 0.3) is 5.56 Å². The van der Waals surface area contributed by atoms with Crippen LogP contribution in [0.3, 0.4) is 0 Å². The molecule has 0 aromatic carbocycles. The van der Waals surface area contributed by atoms with E-state index in [1.54, 1.807) is 0 Å². The molecular formula is C14H17BrN2O7. The summed E-state index contributed by atoms with van der Waals surface area (Å²) < 4.78 is 4.28. The topological polar surface area (TPSA) is 139 Å². The zero-order valence-corrected chi connectivity index (χ0v) is 14.8.